The van der Waals surface area contributed by atoms with E-state index in [2.05, 4.69) is 27.8 Å². The Balaban J connectivity index is 1.42. The number of nitrogen functional groups attached to an aromatic ring is 1. The van der Waals surface area contributed by atoms with Crippen molar-refractivity contribution in [2.45, 2.75) is 56.6 Å². The molecule has 1 saturated heterocycles. The molecule has 0 aliphatic carbocycles. The largest absolute Gasteiger partial charge is 0.504 e. The minimum Gasteiger partial charge on any atom is -0.504 e. The Kier molecular flexibility index (Phi) is 9.23. The Morgan fingerprint density at radius 1 is 1.02 bits per heavy atom. The summed E-state index contributed by atoms with van der Waals surface area (Å²) in [6.07, 6.45) is 0.878. The first-order valence-electron chi connectivity index (χ1n) is 16.9. The number of aliphatic hydroxyl groups excluding tert-OH is 1. The van der Waals surface area contributed by atoms with Crippen LogP contribution in [0.3, 0.4) is 0 Å². The lowest BCUT2D eigenvalue weighted by Gasteiger charge is -2.46. The zero-order valence-electron chi connectivity index (χ0n) is 29.6. The lowest BCUT2D eigenvalue weighted by Crippen LogP contribution is -2.45. The third-order valence-corrected chi connectivity index (χ3v) is 12.2. The molecule has 0 radical (unpaired) electrons. The van der Waals surface area contributed by atoms with Crippen LogP contribution in [0.5, 0.6) is 34.5 Å². The van der Waals surface area contributed by atoms with Gasteiger partial charge in [-0.05, 0) is 63.2 Å². The number of likely N-dealkylation sites (N-methyl/N-ethyl adjacent to an activating group) is 2. The number of phenols is 1. The Morgan fingerprint density at radius 3 is 2.48 bits per heavy atom. The molecule has 4 heterocycles. The number of aliphatic hydroxyl groups is 1. The molecular formula is C37H46N4O8S. The number of thioether (sulfide) groups is 1. The van der Waals surface area contributed by atoms with Gasteiger partial charge in [0.2, 0.25) is 6.79 Å². The van der Waals surface area contributed by atoms with Gasteiger partial charge in [0.15, 0.2) is 23.0 Å². The van der Waals surface area contributed by atoms with E-state index in [0.29, 0.717) is 52.4 Å². The highest BCUT2D eigenvalue weighted by Gasteiger charge is 2.55. The summed E-state index contributed by atoms with van der Waals surface area (Å²) in [5, 5.41) is 22.5. The van der Waals surface area contributed by atoms with Gasteiger partial charge in [0, 0.05) is 53.6 Å². The predicted octanol–water partition coefficient (Wildman–Crippen LogP) is 4.63. The van der Waals surface area contributed by atoms with Crippen molar-refractivity contribution >= 4 is 23.4 Å². The molecule has 12 nitrogen and oxygen atoms in total. The average Bonchev–Trinajstić information content (AvgIpc) is 3.71. The Labute approximate surface area is 297 Å². The highest BCUT2D eigenvalue weighted by Crippen LogP contribution is 2.62. The van der Waals surface area contributed by atoms with Crippen LogP contribution in [0.2, 0.25) is 0 Å². The SMILES string of the molecule is COc1cc2c(cc1N)CCN(C)C2CSC1c2c(OC(C)=O)c(C)c3c(c2C(CO)N2CN(C)C(c4ccc(C)c(OC)c4O)C12)OCO3. The van der Waals surface area contributed by atoms with E-state index in [4.69, 9.17) is 29.4 Å². The van der Waals surface area contributed by atoms with Crippen molar-refractivity contribution in [1.29, 1.82) is 0 Å². The maximum Gasteiger partial charge on any atom is 0.308 e. The van der Waals surface area contributed by atoms with Crippen molar-refractivity contribution in [2.75, 3.05) is 66.4 Å². The van der Waals surface area contributed by atoms with Crippen LogP contribution in [0.25, 0.3) is 0 Å². The molecule has 0 spiro atoms. The zero-order chi connectivity index (χ0) is 35.6. The molecular weight excluding hydrogens is 660 g/mol. The normalized spacial score (nSPS) is 24.4. The number of nitrogens with zero attached hydrogens (tertiary/aromatic N) is 3. The second-order valence-corrected chi connectivity index (χ2v) is 14.8. The third-order valence-electron chi connectivity index (χ3n) is 10.8. The van der Waals surface area contributed by atoms with Crippen LogP contribution in [0, 0.1) is 13.8 Å². The molecule has 1 fully saturated rings. The molecule has 3 aromatic carbocycles. The molecule has 7 rings (SSSR count). The molecule has 0 saturated carbocycles. The summed E-state index contributed by atoms with van der Waals surface area (Å²) in [6.45, 7) is 6.37. The van der Waals surface area contributed by atoms with Gasteiger partial charge >= 0.3 is 5.97 Å². The fourth-order valence-electron chi connectivity index (χ4n) is 8.51. The predicted molar refractivity (Wildman–Crippen MR) is 191 cm³/mol. The lowest BCUT2D eigenvalue weighted by atomic mass is 9.81. The third kappa shape index (κ3) is 5.41. The van der Waals surface area contributed by atoms with Crippen LogP contribution in [0.4, 0.5) is 5.69 Å². The number of carbonyl (C=O) groups excluding carboxylic acids is 1. The highest BCUT2D eigenvalue weighted by atomic mass is 32.2. The first-order valence-corrected chi connectivity index (χ1v) is 17.9. The van der Waals surface area contributed by atoms with Gasteiger partial charge in [-0.1, -0.05) is 12.1 Å². The van der Waals surface area contributed by atoms with Crippen molar-refractivity contribution in [3.63, 3.8) is 0 Å². The summed E-state index contributed by atoms with van der Waals surface area (Å²) in [5.41, 5.74) is 13.1. The number of fused-ring (bicyclic) bond motifs is 5. The Morgan fingerprint density at radius 2 is 1.78 bits per heavy atom. The number of rotatable bonds is 8. The topological polar surface area (TPSA) is 139 Å². The number of phenolic OH excluding ortho intramolecular Hbond substituents is 1. The van der Waals surface area contributed by atoms with Gasteiger partial charge in [-0.25, -0.2) is 0 Å². The molecule has 4 aliphatic rings. The van der Waals surface area contributed by atoms with Gasteiger partial charge in [0.05, 0.1) is 50.5 Å². The van der Waals surface area contributed by atoms with Crippen molar-refractivity contribution in [2.24, 2.45) is 0 Å². The molecule has 13 heteroatoms. The smallest absolute Gasteiger partial charge is 0.308 e. The Bertz CT molecular complexity index is 1840. The number of ether oxygens (including phenoxy) is 5. The van der Waals surface area contributed by atoms with Gasteiger partial charge in [-0.2, -0.15) is 0 Å². The van der Waals surface area contributed by atoms with Crippen LogP contribution in [0.15, 0.2) is 24.3 Å². The highest BCUT2D eigenvalue weighted by molar-refractivity contribution is 7.99. The summed E-state index contributed by atoms with van der Waals surface area (Å²) in [5.74, 6) is 2.93. The zero-order valence-corrected chi connectivity index (χ0v) is 30.4. The van der Waals surface area contributed by atoms with Gasteiger partial charge in [-0.3, -0.25) is 19.5 Å². The molecule has 0 aromatic heterocycles. The van der Waals surface area contributed by atoms with E-state index in [1.807, 2.05) is 39.1 Å². The van der Waals surface area contributed by atoms with Crippen molar-refractivity contribution in [1.82, 2.24) is 14.7 Å². The summed E-state index contributed by atoms with van der Waals surface area (Å²) in [7, 11) is 7.36. The molecule has 4 N–H and O–H groups in total. The van der Waals surface area contributed by atoms with E-state index in [1.165, 1.54) is 18.1 Å². The first kappa shape index (κ1) is 34.6. The number of aryl methyl sites for hydroxylation is 1. The molecule has 268 valence electrons. The summed E-state index contributed by atoms with van der Waals surface area (Å²) >= 11 is 1.77. The first-order chi connectivity index (χ1) is 24.0. The van der Waals surface area contributed by atoms with E-state index in [1.54, 1.807) is 26.0 Å². The number of hydrogen-bond donors (Lipinski definition) is 3. The lowest BCUT2D eigenvalue weighted by molar-refractivity contribution is -0.132. The standard InChI is InChI=1S/C37H46N4O8S/c1-18-8-9-22(32(44)33(18)46-7)30-31-37(50-15-26-23-13-27(45-6)24(38)12-21(23)10-11-39(26)4)29-28(25(14-42)41(31)16-40(30)5)36-35(47-17-48-36)19(2)34(29)49-20(3)43/h8-9,12-13,25-26,30-31,37,42,44H,10-11,14-17,38H2,1-7H3. The quantitative estimate of drug-likeness (QED) is 0.171. The number of esters is 1. The minimum absolute atomic E-state index is 0.0275. The van der Waals surface area contributed by atoms with Gasteiger partial charge < -0.3 is 39.6 Å². The van der Waals surface area contributed by atoms with Crippen molar-refractivity contribution in [3.8, 4) is 34.5 Å². The fraction of sp³-hybridized carbons (Fsp3) is 0.486. The van der Waals surface area contributed by atoms with E-state index >= 15 is 0 Å². The van der Waals surface area contributed by atoms with Crippen molar-refractivity contribution < 1.29 is 38.7 Å². The monoisotopic (exact) mass is 706 g/mol. The van der Waals surface area contributed by atoms with Crippen LogP contribution in [-0.2, 0) is 11.2 Å². The van der Waals surface area contributed by atoms with Crippen LogP contribution < -0.4 is 29.4 Å². The molecule has 50 heavy (non-hydrogen) atoms. The number of benzene rings is 3. The van der Waals surface area contributed by atoms with Gasteiger partial charge in [-0.15, -0.1) is 11.8 Å². The molecule has 5 atom stereocenters. The summed E-state index contributed by atoms with van der Waals surface area (Å²) in [4.78, 5) is 19.6. The van der Waals surface area contributed by atoms with E-state index in [-0.39, 0.29) is 42.5 Å². The van der Waals surface area contributed by atoms with Crippen LogP contribution >= 0.6 is 11.8 Å². The van der Waals surface area contributed by atoms with E-state index < -0.39 is 12.0 Å². The van der Waals surface area contributed by atoms with E-state index in [0.717, 1.165) is 35.2 Å². The maximum atomic E-state index is 12.8. The van der Waals surface area contributed by atoms with Gasteiger partial charge in [0.25, 0.3) is 0 Å². The van der Waals surface area contributed by atoms with Crippen LogP contribution in [0.1, 0.15) is 69.2 Å². The second-order valence-electron chi connectivity index (χ2n) is 13.6. The van der Waals surface area contributed by atoms with E-state index in [9.17, 15) is 15.0 Å². The van der Waals surface area contributed by atoms with Crippen molar-refractivity contribution in [3.05, 3.63) is 63.2 Å². The number of hydrogen-bond acceptors (Lipinski definition) is 13. The summed E-state index contributed by atoms with van der Waals surface area (Å²) in [6, 6.07) is 6.97. The fourth-order valence-corrected chi connectivity index (χ4v) is 10.2. The maximum absolute atomic E-state index is 12.8. The van der Waals surface area contributed by atoms with Crippen LogP contribution in [-0.4, -0.2) is 97.6 Å². The molecule has 5 unspecified atom stereocenters. The molecule has 0 bridgehead atoms. The molecule has 4 aliphatic heterocycles. The average molecular weight is 707 g/mol. The molecule has 0 amide bonds. The number of anilines is 1. The minimum atomic E-state index is -0.496. The molecule has 3 aromatic rings. The number of methoxy groups -OCH3 is 2. The Hall–Kier alpha value is -3.88. The summed E-state index contributed by atoms with van der Waals surface area (Å²) < 4.78 is 29.5. The number of nitrogens with two attached hydrogens (primary N) is 1. The number of aromatic hydroxyl groups is 1. The number of carbonyl (C=O) groups is 1. The van der Waals surface area contributed by atoms with Gasteiger partial charge in [0.1, 0.15) is 11.5 Å². The second kappa shape index (κ2) is 13.3.